The Morgan fingerprint density at radius 1 is 0.500 bits per heavy atom. The molecule has 5 aliphatic heterocycles. The highest BCUT2D eigenvalue weighted by Gasteiger charge is 2.81. The molecule has 0 aromatic heterocycles. The van der Waals surface area contributed by atoms with Crippen molar-refractivity contribution in [1.29, 1.82) is 0 Å². The van der Waals surface area contributed by atoms with Crippen LogP contribution in [0.5, 0.6) is 0 Å². The van der Waals surface area contributed by atoms with E-state index in [1.54, 1.807) is 0 Å². The van der Waals surface area contributed by atoms with Crippen molar-refractivity contribution in [3.8, 4) is 0 Å². The minimum Gasteiger partial charge on any atom is -0.373 e. The van der Waals surface area contributed by atoms with Gasteiger partial charge < -0.3 is 18.8 Å². The Bertz CT molecular complexity index is 1450. The van der Waals surface area contributed by atoms with Gasteiger partial charge in [0.1, 0.15) is 7.14 Å². The first kappa shape index (κ1) is 35.9. The summed E-state index contributed by atoms with van der Waals surface area (Å²) >= 11 is 0. The van der Waals surface area contributed by atoms with E-state index in [-0.39, 0.29) is 65.7 Å². The lowest BCUT2D eigenvalue weighted by molar-refractivity contribution is -0.295. The van der Waals surface area contributed by atoms with E-state index in [4.69, 9.17) is 14.2 Å². The third-order valence-electron chi connectivity index (χ3n) is 20.3. The molecule has 302 valence electrons. The molecule has 20 unspecified atom stereocenters. The summed E-state index contributed by atoms with van der Waals surface area (Å²) in [4.78, 5) is 6.42. The van der Waals surface area contributed by atoms with Gasteiger partial charge in [-0.05, 0) is 111 Å². The number of morpholine rings is 2. The van der Waals surface area contributed by atoms with Crippen LogP contribution in [-0.4, -0.2) is 99.7 Å². The maximum Gasteiger partial charge on any atom is 0.108 e. The van der Waals surface area contributed by atoms with Crippen LogP contribution >= 0.6 is 7.14 Å². The van der Waals surface area contributed by atoms with E-state index in [0.29, 0.717) is 64.6 Å². The van der Waals surface area contributed by atoms with Crippen LogP contribution in [0.3, 0.4) is 0 Å². The van der Waals surface area contributed by atoms with Gasteiger partial charge >= 0.3 is 0 Å². The zero-order valence-electron chi connectivity index (χ0n) is 35.0. The van der Waals surface area contributed by atoms with Crippen molar-refractivity contribution in [3.05, 3.63) is 0 Å². The number of hydrogen-bond acceptors (Lipinski definition) is 6. The number of ether oxygens (including phenoxy) is 3. The van der Waals surface area contributed by atoms with E-state index in [9.17, 15) is 0 Å². The Kier molecular flexibility index (Phi) is 8.04. The van der Waals surface area contributed by atoms with E-state index in [0.717, 1.165) is 11.8 Å². The molecule has 5 heterocycles. The zero-order valence-corrected chi connectivity index (χ0v) is 35.9. The van der Waals surface area contributed by atoms with Gasteiger partial charge in [0, 0.05) is 47.8 Å². The highest BCUT2D eigenvalue weighted by atomic mass is 31.2. The van der Waals surface area contributed by atoms with Crippen LogP contribution < -0.4 is 0 Å². The van der Waals surface area contributed by atoms with E-state index in [2.05, 4.69) is 58.3 Å². The van der Waals surface area contributed by atoms with Crippen molar-refractivity contribution in [2.45, 2.75) is 241 Å². The third kappa shape index (κ3) is 4.69. The summed E-state index contributed by atoms with van der Waals surface area (Å²) < 4.78 is 41.1. The summed E-state index contributed by atoms with van der Waals surface area (Å²) in [6, 6.07) is 2.33. The molecule has 0 spiro atoms. The molecule has 12 aliphatic rings. The van der Waals surface area contributed by atoms with Crippen LogP contribution in [0, 0.1) is 52.3 Å². The minimum absolute atomic E-state index is 0.120. The third-order valence-corrected chi connectivity index (χ3v) is 25.0. The van der Waals surface area contributed by atoms with Crippen LogP contribution in [0.25, 0.3) is 0 Å². The second-order valence-electron chi connectivity index (χ2n) is 24.2. The lowest BCUT2D eigenvalue weighted by Crippen LogP contribution is -2.89. The molecular formula is C47H75N2O4P. The Morgan fingerprint density at radius 3 is 1.39 bits per heavy atom. The molecule has 5 saturated heterocycles. The van der Waals surface area contributed by atoms with Crippen LogP contribution in [0.1, 0.15) is 151 Å². The second kappa shape index (κ2) is 12.1. The molecule has 0 bridgehead atoms. The molecule has 0 radical (unpaired) electrons. The number of nitrogens with zero attached hydrogens (tertiary/aromatic N) is 2. The Hall–Kier alpha value is 0.0300. The van der Waals surface area contributed by atoms with Crippen LogP contribution in [0.15, 0.2) is 0 Å². The van der Waals surface area contributed by atoms with Gasteiger partial charge in [0.25, 0.3) is 0 Å². The fraction of sp³-hybridized carbons (Fsp3) is 1.00. The molecule has 7 heteroatoms. The molecule has 12 fully saturated rings. The SMILES string of the molecule is CC1C2OC3CC(C(C)(C)C)CCC3N3C4C5CCCCC5CC5OC6CC7CCCCC7C7C6P(=O)(C54)C(C23)C2C1OC1CC(C(C)(C)C)CCC1N72. The van der Waals surface area contributed by atoms with Crippen molar-refractivity contribution in [2.75, 3.05) is 0 Å². The molecule has 20 atom stereocenters. The minimum atomic E-state index is -2.77. The summed E-state index contributed by atoms with van der Waals surface area (Å²) in [5.74, 6) is 4.55. The van der Waals surface area contributed by atoms with Crippen molar-refractivity contribution in [2.24, 2.45) is 52.3 Å². The molecule has 54 heavy (non-hydrogen) atoms. The van der Waals surface area contributed by atoms with Gasteiger partial charge in [-0.3, -0.25) is 9.80 Å². The number of fused-ring (bicyclic) bond motifs is 10. The van der Waals surface area contributed by atoms with Crippen LogP contribution in [-0.2, 0) is 18.8 Å². The molecule has 0 aromatic rings. The standard InChI is InChI=1S/C47H75N2O4P/c1-24-41-39-45-40-42(24)53-34-23-28(47(5,6)7)17-19-32(34)49(40)38-30-15-11-9-13-26(30)21-36-44(38)54(45,50)43-35(51-36)20-25-12-8-10-14-29(25)37(43)48(39)31-18-16-27(46(2,3)4)22-33(31)52-41/h24-45H,8-23H2,1-7H3. The quantitative estimate of drug-likeness (QED) is 0.230. The monoisotopic (exact) mass is 763 g/mol. The van der Waals surface area contributed by atoms with Gasteiger partial charge in [-0.2, -0.15) is 0 Å². The Balaban J connectivity index is 1.05. The molecule has 6 nitrogen and oxygen atoms in total. The lowest BCUT2D eigenvalue weighted by atomic mass is 9.60. The number of hydrogen-bond donors (Lipinski definition) is 0. The van der Waals surface area contributed by atoms with Crippen LogP contribution in [0.2, 0.25) is 0 Å². The van der Waals surface area contributed by atoms with Crippen molar-refractivity contribution in [3.63, 3.8) is 0 Å². The topological polar surface area (TPSA) is 51.2 Å². The maximum atomic E-state index is 17.8. The van der Waals surface area contributed by atoms with Crippen molar-refractivity contribution in [1.82, 2.24) is 9.80 Å². The van der Waals surface area contributed by atoms with Gasteiger partial charge in [-0.25, -0.2) is 0 Å². The van der Waals surface area contributed by atoms with Crippen molar-refractivity contribution >= 4 is 7.14 Å². The molecule has 7 aliphatic carbocycles. The largest absolute Gasteiger partial charge is 0.373 e. The first-order valence-corrected chi connectivity index (χ1v) is 25.9. The molecule has 12 rings (SSSR count). The molecule has 0 aromatic carbocycles. The number of rotatable bonds is 0. The smallest absolute Gasteiger partial charge is 0.108 e. The predicted octanol–water partition coefficient (Wildman–Crippen LogP) is 9.36. The average Bonchev–Trinajstić information content (AvgIpc) is 3.14. The van der Waals surface area contributed by atoms with Crippen LogP contribution in [0.4, 0.5) is 0 Å². The first-order valence-electron chi connectivity index (χ1n) is 23.9. The fourth-order valence-corrected chi connectivity index (χ4v) is 24.0. The van der Waals surface area contributed by atoms with E-state index >= 15 is 4.57 Å². The van der Waals surface area contributed by atoms with Gasteiger partial charge in [0.15, 0.2) is 0 Å². The normalized spacial score (nSPS) is 60.2. The molecule has 0 amide bonds. The van der Waals surface area contributed by atoms with Gasteiger partial charge in [-0.15, -0.1) is 0 Å². The van der Waals surface area contributed by atoms with E-state index in [1.807, 2.05) is 0 Å². The van der Waals surface area contributed by atoms with Crippen molar-refractivity contribution < 1.29 is 18.8 Å². The summed E-state index contributed by atoms with van der Waals surface area (Å²) in [5, 5.41) is 0. The van der Waals surface area contributed by atoms with Gasteiger partial charge in [0.05, 0.1) is 47.9 Å². The summed E-state index contributed by atoms with van der Waals surface area (Å²) in [5.41, 5.74) is 1.24. The maximum absolute atomic E-state index is 17.8. The highest BCUT2D eigenvalue weighted by molar-refractivity contribution is 7.66. The van der Waals surface area contributed by atoms with E-state index < -0.39 is 7.14 Å². The zero-order chi connectivity index (χ0) is 36.8. The Labute approximate surface area is 328 Å². The first-order chi connectivity index (χ1) is 25.8. The molecular weight excluding hydrogens is 688 g/mol. The summed E-state index contributed by atoms with van der Waals surface area (Å²) in [7, 11) is -2.77. The van der Waals surface area contributed by atoms with Gasteiger partial charge in [0.2, 0.25) is 0 Å². The highest BCUT2D eigenvalue weighted by Crippen LogP contribution is 2.80. The summed E-state index contributed by atoms with van der Waals surface area (Å²) in [6.07, 6.45) is 21.9. The Morgan fingerprint density at radius 2 is 0.944 bits per heavy atom. The predicted molar refractivity (Wildman–Crippen MR) is 214 cm³/mol. The second-order valence-corrected chi connectivity index (χ2v) is 27.5. The lowest BCUT2D eigenvalue weighted by Gasteiger charge is -2.78. The molecule has 7 saturated carbocycles. The molecule has 0 N–H and O–H groups in total. The fourth-order valence-electron chi connectivity index (χ4n) is 18.1. The average molecular weight is 763 g/mol. The van der Waals surface area contributed by atoms with E-state index in [1.165, 1.54) is 103 Å². The van der Waals surface area contributed by atoms with Gasteiger partial charge in [-0.1, -0.05) is 87.0 Å². The summed E-state index contributed by atoms with van der Waals surface area (Å²) in [6.45, 7) is 17.4.